The number of anilines is 1. The van der Waals surface area contributed by atoms with E-state index in [1.165, 1.54) is 30.7 Å². The van der Waals surface area contributed by atoms with Gasteiger partial charge in [0.15, 0.2) is 0 Å². The molecule has 0 radical (unpaired) electrons. The second kappa shape index (κ2) is 14.0. The monoisotopic (exact) mass is 620 g/mol. The molecule has 4 rings (SSSR count). The van der Waals surface area contributed by atoms with Crippen LogP contribution in [-0.4, -0.2) is 80.2 Å². The number of aliphatic hydroxyl groups is 1. The fraction of sp³-hybridized carbons (Fsp3) is 0.533. The number of sulfonamides is 1. The Morgan fingerprint density at radius 2 is 1.86 bits per heavy atom. The van der Waals surface area contributed by atoms with E-state index in [9.17, 15) is 23.1 Å². The Balaban J connectivity index is 1.59. The number of nitrogens with zero attached hydrogens (tertiary/aromatic N) is 2. The van der Waals surface area contributed by atoms with Crippen molar-refractivity contribution in [2.24, 2.45) is 5.92 Å². The van der Waals surface area contributed by atoms with Gasteiger partial charge in [0.25, 0.3) is 10.0 Å². The van der Waals surface area contributed by atoms with Gasteiger partial charge in [-0.15, -0.1) is 0 Å². The second-order valence-corrected chi connectivity index (χ2v) is 13.6. The Labute approximate surface area is 253 Å². The number of amides is 3. The van der Waals surface area contributed by atoms with E-state index < -0.39 is 22.2 Å². The van der Waals surface area contributed by atoms with Crippen LogP contribution >= 0.6 is 11.6 Å². The van der Waals surface area contributed by atoms with E-state index in [2.05, 4.69) is 10.0 Å². The molecule has 2 aliphatic rings. The van der Waals surface area contributed by atoms with Crippen molar-refractivity contribution >= 4 is 39.2 Å². The maximum atomic E-state index is 13.5. The summed E-state index contributed by atoms with van der Waals surface area (Å²) in [5.74, 6) is 0.0474. The molecule has 1 saturated carbocycles. The molecular weight excluding hydrogens is 580 g/mol. The summed E-state index contributed by atoms with van der Waals surface area (Å²) in [4.78, 5) is 29.8. The molecule has 12 heteroatoms. The number of ether oxygens (including phenoxy) is 1. The van der Waals surface area contributed by atoms with Crippen LogP contribution in [0.5, 0.6) is 5.75 Å². The van der Waals surface area contributed by atoms with Gasteiger partial charge in [-0.25, -0.2) is 13.2 Å². The number of likely N-dealkylation sites (N-methyl/N-ethyl adjacent to an activating group) is 1. The third-order valence-electron chi connectivity index (χ3n) is 8.03. The molecule has 42 heavy (non-hydrogen) atoms. The van der Waals surface area contributed by atoms with E-state index in [0.29, 0.717) is 22.9 Å². The van der Waals surface area contributed by atoms with Gasteiger partial charge in [-0.05, 0) is 62.2 Å². The van der Waals surface area contributed by atoms with Crippen LogP contribution in [0.15, 0.2) is 47.4 Å². The predicted molar refractivity (Wildman–Crippen MR) is 162 cm³/mol. The van der Waals surface area contributed by atoms with Crippen LogP contribution in [0.1, 0.15) is 51.5 Å². The first-order chi connectivity index (χ1) is 20.0. The molecule has 1 heterocycles. The van der Waals surface area contributed by atoms with E-state index >= 15 is 0 Å². The number of hydrogen-bond acceptors (Lipinski definition) is 6. The number of benzene rings is 2. The maximum absolute atomic E-state index is 13.5. The third-order valence-corrected chi connectivity index (χ3v) is 9.68. The lowest BCUT2D eigenvalue weighted by molar-refractivity contribution is -0.134. The molecule has 10 nitrogen and oxygen atoms in total. The summed E-state index contributed by atoms with van der Waals surface area (Å²) in [7, 11) is -2.18. The molecular formula is C30H41ClN4O6S. The second-order valence-electron chi connectivity index (χ2n) is 11.4. The van der Waals surface area contributed by atoms with Gasteiger partial charge < -0.3 is 25.0 Å². The van der Waals surface area contributed by atoms with Gasteiger partial charge in [-0.1, -0.05) is 37.8 Å². The quantitative estimate of drug-likeness (QED) is 0.405. The van der Waals surface area contributed by atoms with E-state index in [-0.39, 0.29) is 54.1 Å². The Bertz CT molecular complexity index is 1350. The molecule has 3 N–H and O–H groups in total. The molecule has 3 amide bonds. The van der Waals surface area contributed by atoms with Crippen molar-refractivity contribution in [1.82, 2.24) is 15.1 Å². The molecule has 0 aromatic heterocycles. The highest BCUT2D eigenvalue weighted by Crippen LogP contribution is 2.30. The Morgan fingerprint density at radius 3 is 2.52 bits per heavy atom. The Morgan fingerprint density at radius 1 is 1.17 bits per heavy atom. The van der Waals surface area contributed by atoms with Crippen LogP contribution in [-0.2, 0) is 21.2 Å². The van der Waals surface area contributed by atoms with Gasteiger partial charge in [0.2, 0.25) is 5.91 Å². The van der Waals surface area contributed by atoms with Gasteiger partial charge in [0.1, 0.15) is 11.9 Å². The zero-order valence-electron chi connectivity index (χ0n) is 24.4. The average molecular weight is 621 g/mol. The number of urea groups is 1. The van der Waals surface area contributed by atoms with Crippen LogP contribution < -0.4 is 14.8 Å². The largest absolute Gasteiger partial charge is 0.488 e. The zero-order valence-corrected chi connectivity index (χ0v) is 26.0. The van der Waals surface area contributed by atoms with Crippen LogP contribution in [0.25, 0.3) is 0 Å². The molecule has 2 aromatic rings. The zero-order chi connectivity index (χ0) is 30.4. The first kappa shape index (κ1) is 31.9. The summed E-state index contributed by atoms with van der Waals surface area (Å²) in [6, 6.07) is 10.2. The molecule has 230 valence electrons. The smallest absolute Gasteiger partial charge is 0.317 e. The number of fused-ring (bicyclic) bond motifs is 1. The lowest BCUT2D eigenvalue weighted by Gasteiger charge is -2.34. The molecule has 3 atom stereocenters. The average Bonchev–Trinajstić information content (AvgIpc) is 3.00. The van der Waals surface area contributed by atoms with Gasteiger partial charge in [0, 0.05) is 41.8 Å². The molecule has 0 bridgehead atoms. The topological polar surface area (TPSA) is 128 Å². The van der Waals surface area contributed by atoms with Crippen LogP contribution in [0.4, 0.5) is 10.5 Å². The summed E-state index contributed by atoms with van der Waals surface area (Å²) in [6.07, 6.45) is 4.85. The third kappa shape index (κ3) is 8.08. The number of nitrogens with one attached hydrogen (secondary N) is 2. The number of carbonyl (C=O) groups is 2. The predicted octanol–water partition coefficient (Wildman–Crippen LogP) is 4.26. The fourth-order valence-corrected chi connectivity index (χ4v) is 6.60. The van der Waals surface area contributed by atoms with Crippen molar-refractivity contribution in [3.8, 4) is 5.75 Å². The lowest BCUT2D eigenvalue weighted by atomic mass is 9.96. The molecule has 1 fully saturated rings. The summed E-state index contributed by atoms with van der Waals surface area (Å²) >= 11 is 5.91. The van der Waals surface area contributed by atoms with E-state index in [0.717, 1.165) is 25.7 Å². The maximum Gasteiger partial charge on any atom is 0.317 e. The van der Waals surface area contributed by atoms with E-state index in [1.807, 2.05) is 6.92 Å². The Hall–Kier alpha value is -3.02. The fourth-order valence-electron chi connectivity index (χ4n) is 5.42. The van der Waals surface area contributed by atoms with Crippen molar-refractivity contribution in [2.75, 3.05) is 31.5 Å². The number of hydrogen-bond donors (Lipinski definition) is 3. The summed E-state index contributed by atoms with van der Waals surface area (Å²) in [5.41, 5.74) is 0.773. The van der Waals surface area contributed by atoms with Crippen molar-refractivity contribution in [1.29, 1.82) is 0 Å². The van der Waals surface area contributed by atoms with Crippen LogP contribution in [0.2, 0.25) is 5.02 Å². The molecule has 1 aliphatic heterocycles. The first-order valence-corrected chi connectivity index (χ1v) is 16.3. The molecule has 0 unspecified atom stereocenters. The van der Waals surface area contributed by atoms with E-state index in [4.69, 9.17) is 16.3 Å². The highest BCUT2D eigenvalue weighted by atomic mass is 35.5. The van der Waals surface area contributed by atoms with Crippen molar-refractivity contribution in [3.05, 3.63) is 53.1 Å². The highest BCUT2D eigenvalue weighted by Gasteiger charge is 2.32. The standard InChI is InChI=1S/C30H41ClN4O6S/c1-20-17-35(21(2)19-36)29(37)16-22-15-25(33-42(39,40)26-12-9-23(31)10-13-26)11-14-27(22)41-28(20)18-34(3)30(38)32-24-7-5-4-6-8-24/h9-15,20-21,24,28,33,36H,4-8,16-19H2,1-3H3,(H,32,38)/t20-,21+,28-/m0/s1. The minimum absolute atomic E-state index is 0.0480. The highest BCUT2D eigenvalue weighted by molar-refractivity contribution is 7.92. The van der Waals surface area contributed by atoms with E-state index in [1.54, 1.807) is 42.0 Å². The number of aliphatic hydroxyl groups excluding tert-OH is 1. The molecule has 0 spiro atoms. The van der Waals surface area contributed by atoms with Crippen molar-refractivity contribution in [3.63, 3.8) is 0 Å². The van der Waals surface area contributed by atoms with Gasteiger partial charge in [-0.2, -0.15) is 0 Å². The summed E-state index contributed by atoms with van der Waals surface area (Å²) in [5, 5.41) is 13.4. The minimum atomic E-state index is -3.91. The normalized spacial score (nSPS) is 20.8. The van der Waals surface area contributed by atoms with Gasteiger partial charge in [0.05, 0.1) is 30.5 Å². The van der Waals surface area contributed by atoms with Crippen molar-refractivity contribution < 1.29 is 27.9 Å². The molecule has 1 aliphatic carbocycles. The lowest BCUT2D eigenvalue weighted by Crippen LogP contribution is -2.50. The number of rotatable bonds is 8. The number of carbonyl (C=O) groups excluding carboxylic acids is 2. The summed E-state index contributed by atoms with van der Waals surface area (Å²) in [6.45, 7) is 4.13. The molecule has 2 aromatic carbocycles. The van der Waals surface area contributed by atoms with Crippen molar-refractivity contribution in [2.45, 2.75) is 75.5 Å². The summed E-state index contributed by atoms with van der Waals surface area (Å²) < 4.78 is 35.0. The Kier molecular flexibility index (Phi) is 10.6. The number of halogens is 1. The van der Waals surface area contributed by atoms with Gasteiger partial charge in [-0.3, -0.25) is 9.52 Å². The molecule has 0 saturated heterocycles. The van der Waals surface area contributed by atoms with Crippen LogP contribution in [0.3, 0.4) is 0 Å². The van der Waals surface area contributed by atoms with Crippen LogP contribution in [0, 0.1) is 5.92 Å². The van der Waals surface area contributed by atoms with Gasteiger partial charge >= 0.3 is 6.03 Å². The SMILES string of the molecule is C[C@H](CO)N1C[C@H](C)[C@H](CN(C)C(=O)NC2CCCCC2)Oc2ccc(NS(=O)(=O)c3ccc(Cl)cc3)cc2CC1=O. The first-order valence-electron chi connectivity index (χ1n) is 14.5. The minimum Gasteiger partial charge on any atom is -0.488 e.